The molecule has 0 aliphatic rings. The molecule has 122 valence electrons. The van der Waals surface area contributed by atoms with Crippen LogP contribution in [0.3, 0.4) is 0 Å². The van der Waals surface area contributed by atoms with Crippen molar-refractivity contribution in [1.82, 2.24) is 10.6 Å². The molecule has 1 aromatic carbocycles. The quantitative estimate of drug-likeness (QED) is 0.760. The van der Waals surface area contributed by atoms with Crippen molar-refractivity contribution >= 4 is 11.8 Å². The SMILES string of the molecule is CCCCCNC(=O)CNC(=O)c1ccc(C(F)(F)F)cc1. The average Bonchev–Trinajstić information content (AvgIpc) is 2.48. The van der Waals surface area contributed by atoms with Crippen molar-refractivity contribution in [3.05, 3.63) is 35.4 Å². The lowest BCUT2D eigenvalue weighted by molar-refractivity contribution is -0.137. The minimum atomic E-state index is -4.44. The van der Waals surface area contributed by atoms with E-state index in [0.29, 0.717) is 6.54 Å². The summed E-state index contributed by atoms with van der Waals surface area (Å²) < 4.78 is 37.2. The monoisotopic (exact) mass is 316 g/mol. The predicted molar refractivity (Wildman–Crippen MR) is 76.3 cm³/mol. The van der Waals surface area contributed by atoms with Crippen molar-refractivity contribution < 1.29 is 22.8 Å². The van der Waals surface area contributed by atoms with Gasteiger partial charge in [-0.3, -0.25) is 9.59 Å². The van der Waals surface area contributed by atoms with Crippen LogP contribution < -0.4 is 10.6 Å². The van der Waals surface area contributed by atoms with Gasteiger partial charge in [-0.15, -0.1) is 0 Å². The molecule has 7 heteroatoms. The van der Waals surface area contributed by atoms with Crippen molar-refractivity contribution in [2.24, 2.45) is 0 Å². The van der Waals surface area contributed by atoms with E-state index in [-0.39, 0.29) is 18.0 Å². The van der Waals surface area contributed by atoms with Gasteiger partial charge in [-0.1, -0.05) is 19.8 Å². The molecule has 1 rings (SSSR count). The van der Waals surface area contributed by atoms with E-state index in [2.05, 4.69) is 10.6 Å². The number of halogens is 3. The second kappa shape index (κ2) is 8.41. The first-order chi connectivity index (χ1) is 10.3. The summed E-state index contributed by atoms with van der Waals surface area (Å²) >= 11 is 0. The molecule has 2 N–H and O–H groups in total. The fourth-order valence-electron chi connectivity index (χ4n) is 1.74. The van der Waals surface area contributed by atoms with Gasteiger partial charge in [0.2, 0.25) is 5.91 Å². The smallest absolute Gasteiger partial charge is 0.355 e. The number of amides is 2. The Hall–Kier alpha value is -2.05. The van der Waals surface area contributed by atoms with Gasteiger partial charge < -0.3 is 10.6 Å². The Morgan fingerprint density at radius 2 is 1.68 bits per heavy atom. The van der Waals surface area contributed by atoms with Crippen LogP contribution in [-0.4, -0.2) is 24.9 Å². The number of rotatable bonds is 7. The second-order valence-corrected chi connectivity index (χ2v) is 4.81. The Morgan fingerprint density at radius 1 is 1.05 bits per heavy atom. The topological polar surface area (TPSA) is 58.2 Å². The molecule has 2 amide bonds. The standard InChI is InChI=1S/C15H19F3N2O2/c1-2-3-4-9-19-13(21)10-20-14(22)11-5-7-12(8-6-11)15(16,17)18/h5-8H,2-4,9-10H2,1H3,(H,19,21)(H,20,22). The lowest BCUT2D eigenvalue weighted by Crippen LogP contribution is -2.37. The van der Waals surface area contributed by atoms with Crippen molar-refractivity contribution in [2.45, 2.75) is 32.4 Å². The third-order valence-electron chi connectivity index (χ3n) is 2.99. The van der Waals surface area contributed by atoms with Gasteiger partial charge in [0, 0.05) is 12.1 Å². The number of hydrogen-bond donors (Lipinski definition) is 2. The summed E-state index contributed by atoms with van der Waals surface area (Å²) in [5, 5.41) is 5.02. The molecule has 4 nitrogen and oxygen atoms in total. The minimum absolute atomic E-state index is 0.0757. The highest BCUT2D eigenvalue weighted by molar-refractivity contribution is 5.96. The maximum absolute atomic E-state index is 12.4. The third-order valence-corrected chi connectivity index (χ3v) is 2.99. The molecule has 0 spiro atoms. The summed E-state index contributed by atoms with van der Waals surface area (Å²) in [5.41, 5.74) is -0.746. The van der Waals surface area contributed by atoms with Gasteiger partial charge in [0.05, 0.1) is 12.1 Å². The lowest BCUT2D eigenvalue weighted by atomic mass is 10.1. The van der Waals surface area contributed by atoms with E-state index in [0.717, 1.165) is 43.5 Å². The van der Waals surface area contributed by atoms with E-state index in [9.17, 15) is 22.8 Å². The summed E-state index contributed by atoms with van der Waals surface area (Å²) in [7, 11) is 0. The molecule has 0 heterocycles. The molecule has 0 saturated heterocycles. The van der Waals surface area contributed by atoms with Crippen LogP contribution in [0.1, 0.15) is 42.1 Å². The Balaban J connectivity index is 2.40. The maximum atomic E-state index is 12.4. The largest absolute Gasteiger partial charge is 0.416 e. The van der Waals surface area contributed by atoms with E-state index in [1.807, 2.05) is 6.92 Å². The molecule has 0 aromatic heterocycles. The zero-order valence-corrected chi connectivity index (χ0v) is 12.3. The normalized spacial score (nSPS) is 11.1. The lowest BCUT2D eigenvalue weighted by Gasteiger charge is -2.09. The number of benzene rings is 1. The van der Waals surface area contributed by atoms with Crippen LogP contribution in [0.25, 0.3) is 0 Å². The first kappa shape index (κ1) is 18.0. The van der Waals surface area contributed by atoms with E-state index in [4.69, 9.17) is 0 Å². The van der Waals surface area contributed by atoms with Crippen LogP contribution in [0.4, 0.5) is 13.2 Å². The highest BCUT2D eigenvalue weighted by Crippen LogP contribution is 2.28. The Kier molecular flexibility index (Phi) is 6.88. The third kappa shape index (κ3) is 6.15. The van der Waals surface area contributed by atoms with Crippen molar-refractivity contribution in [1.29, 1.82) is 0 Å². The van der Waals surface area contributed by atoms with Gasteiger partial charge in [0.1, 0.15) is 0 Å². The zero-order chi connectivity index (χ0) is 16.6. The summed E-state index contributed by atoms with van der Waals surface area (Å²) in [5.74, 6) is -0.909. The molecular formula is C15H19F3N2O2. The van der Waals surface area contributed by atoms with Crippen LogP contribution in [0.15, 0.2) is 24.3 Å². The fourth-order valence-corrected chi connectivity index (χ4v) is 1.74. The predicted octanol–water partition coefficient (Wildman–Crippen LogP) is 2.74. The zero-order valence-electron chi connectivity index (χ0n) is 12.3. The molecule has 0 bridgehead atoms. The van der Waals surface area contributed by atoms with Crippen molar-refractivity contribution in [3.63, 3.8) is 0 Å². The van der Waals surface area contributed by atoms with E-state index in [1.54, 1.807) is 0 Å². The van der Waals surface area contributed by atoms with Crippen LogP contribution in [0, 0.1) is 0 Å². The van der Waals surface area contributed by atoms with Gasteiger partial charge in [-0.2, -0.15) is 13.2 Å². The van der Waals surface area contributed by atoms with E-state index < -0.39 is 17.6 Å². The van der Waals surface area contributed by atoms with Crippen molar-refractivity contribution in [3.8, 4) is 0 Å². The molecule has 0 aliphatic heterocycles. The van der Waals surface area contributed by atoms with Gasteiger partial charge >= 0.3 is 6.18 Å². The summed E-state index contributed by atoms with van der Waals surface area (Å²) in [4.78, 5) is 23.2. The van der Waals surface area contributed by atoms with Gasteiger partial charge in [-0.25, -0.2) is 0 Å². The number of carbonyl (C=O) groups excluding carboxylic acids is 2. The number of carbonyl (C=O) groups is 2. The first-order valence-electron chi connectivity index (χ1n) is 7.06. The molecular weight excluding hydrogens is 297 g/mol. The average molecular weight is 316 g/mol. The Labute approximate surface area is 127 Å². The van der Waals surface area contributed by atoms with E-state index >= 15 is 0 Å². The van der Waals surface area contributed by atoms with Crippen LogP contribution in [-0.2, 0) is 11.0 Å². The Morgan fingerprint density at radius 3 is 2.23 bits per heavy atom. The van der Waals surface area contributed by atoms with Crippen molar-refractivity contribution in [2.75, 3.05) is 13.1 Å². The highest BCUT2D eigenvalue weighted by Gasteiger charge is 2.30. The molecule has 0 unspecified atom stereocenters. The molecule has 0 fully saturated rings. The fraction of sp³-hybridized carbons (Fsp3) is 0.467. The van der Waals surface area contributed by atoms with Crippen LogP contribution in [0.5, 0.6) is 0 Å². The summed E-state index contributed by atoms with van der Waals surface area (Å²) in [6, 6.07) is 3.83. The van der Waals surface area contributed by atoms with Crippen LogP contribution >= 0.6 is 0 Å². The molecule has 0 aliphatic carbocycles. The van der Waals surface area contributed by atoms with Gasteiger partial charge in [0.15, 0.2) is 0 Å². The van der Waals surface area contributed by atoms with Gasteiger partial charge in [0.25, 0.3) is 5.91 Å². The minimum Gasteiger partial charge on any atom is -0.355 e. The second-order valence-electron chi connectivity index (χ2n) is 4.81. The number of hydrogen-bond acceptors (Lipinski definition) is 2. The Bertz CT molecular complexity index is 499. The van der Waals surface area contributed by atoms with E-state index in [1.165, 1.54) is 0 Å². The molecule has 0 radical (unpaired) electrons. The molecule has 22 heavy (non-hydrogen) atoms. The summed E-state index contributed by atoms with van der Waals surface area (Å²) in [6.45, 7) is 2.39. The maximum Gasteiger partial charge on any atom is 0.416 e. The molecule has 1 aromatic rings. The number of unbranched alkanes of at least 4 members (excludes halogenated alkanes) is 2. The highest BCUT2D eigenvalue weighted by atomic mass is 19.4. The van der Waals surface area contributed by atoms with Gasteiger partial charge in [-0.05, 0) is 30.7 Å². The number of alkyl halides is 3. The number of nitrogens with one attached hydrogen (secondary N) is 2. The molecule has 0 atom stereocenters. The summed E-state index contributed by atoms with van der Waals surface area (Å²) in [6.07, 6.45) is -1.51. The molecule has 0 saturated carbocycles. The van der Waals surface area contributed by atoms with Crippen LogP contribution in [0.2, 0.25) is 0 Å². The first-order valence-corrected chi connectivity index (χ1v) is 7.06.